The normalized spacial score (nSPS) is 19.2. The average Bonchev–Trinajstić information content (AvgIpc) is 3.00. The molecule has 3 heteroatoms. The van der Waals surface area contributed by atoms with Gasteiger partial charge in [0.1, 0.15) is 5.75 Å². The lowest BCUT2D eigenvalue weighted by Crippen LogP contribution is -2.30. The summed E-state index contributed by atoms with van der Waals surface area (Å²) in [5.74, 6) is 0.875. The van der Waals surface area contributed by atoms with E-state index in [4.69, 9.17) is 10.5 Å². The van der Waals surface area contributed by atoms with Gasteiger partial charge in [0.2, 0.25) is 0 Å². The van der Waals surface area contributed by atoms with E-state index < -0.39 is 6.10 Å². The Bertz CT molecular complexity index is 386. The molecule has 1 fully saturated rings. The van der Waals surface area contributed by atoms with E-state index in [-0.39, 0.29) is 5.54 Å². The Hall–Kier alpha value is -1.06. The maximum Gasteiger partial charge on any atom is 0.122 e. The van der Waals surface area contributed by atoms with Crippen molar-refractivity contribution in [3.8, 4) is 5.75 Å². The number of nitrogens with two attached hydrogens (primary N) is 1. The lowest BCUT2D eigenvalue weighted by Gasteiger charge is -2.19. The molecule has 1 aromatic carbocycles. The van der Waals surface area contributed by atoms with Gasteiger partial charge in [-0.1, -0.05) is 6.07 Å². The van der Waals surface area contributed by atoms with Crippen molar-refractivity contribution in [3.05, 3.63) is 29.3 Å². The number of aliphatic hydroxyl groups excluding tert-OH is 1. The van der Waals surface area contributed by atoms with Crippen molar-refractivity contribution in [2.45, 2.75) is 38.3 Å². The summed E-state index contributed by atoms with van der Waals surface area (Å²) in [5, 5.41) is 10.1. The predicted molar refractivity (Wildman–Crippen MR) is 63.5 cm³/mol. The zero-order chi connectivity index (χ0) is 11.8. The molecule has 16 heavy (non-hydrogen) atoms. The summed E-state index contributed by atoms with van der Waals surface area (Å²) >= 11 is 0. The van der Waals surface area contributed by atoms with Crippen LogP contribution < -0.4 is 10.5 Å². The number of aryl methyl sites for hydroxylation is 1. The maximum atomic E-state index is 10.1. The topological polar surface area (TPSA) is 55.5 Å². The Balaban J connectivity index is 2.20. The minimum Gasteiger partial charge on any atom is -0.494 e. The molecule has 0 radical (unpaired) electrons. The van der Waals surface area contributed by atoms with E-state index in [1.54, 1.807) is 0 Å². The summed E-state index contributed by atoms with van der Waals surface area (Å²) in [6.45, 7) is 4.60. The second kappa shape index (κ2) is 4.07. The zero-order valence-corrected chi connectivity index (χ0v) is 9.86. The molecule has 1 aliphatic rings. The smallest absolute Gasteiger partial charge is 0.122 e. The highest BCUT2D eigenvalue weighted by molar-refractivity contribution is 5.38. The molecule has 3 N–H and O–H groups in total. The molecule has 0 saturated heterocycles. The van der Waals surface area contributed by atoms with Crippen LogP contribution >= 0.6 is 0 Å². The molecule has 0 bridgehead atoms. The van der Waals surface area contributed by atoms with E-state index in [1.165, 1.54) is 0 Å². The van der Waals surface area contributed by atoms with Gasteiger partial charge in [-0.15, -0.1) is 0 Å². The monoisotopic (exact) mass is 221 g/mol. The van der Waals surface area contributed by atoms with Crippen molar-refractivity contribution < 1.29 is 9.84 Å². The molecule has 88 valence electrons. The first-order chi connectivity index (χ1) is 7.57. The van der Waals surface area contributed by atoms with Gasteiger partial charge in [0.25, 0.3) is 0 Å². The van der Waals surface area contributed by atoms with Crippen LogP contribution in [0.1, 0.15) is 37.0 Å². The van der Waals surface area contributed by atoms with E-state index in [1.807, 2.05) is 32.0 Å². The van der Waals surface area contributed by atoms with Crippen LogP contribution in [0.5, 0.6) is 5.75 Å². The van der Waals surface area contributed by atoms with Crippen LogP contribution in [0.15, 0.2) is 18.2 Å². The summed E-state index contributed by atoms with van der Waals surface area (Å²) in [5.41, 5.74) is 7.53. The van der Waals surface area contributed by atoms with E-state index in [2.05, 4.69) is 0 Å². The number of hydrogen-bond donors (Lipinski definition) is 2. The lowest BCUT2D eigenvalue weighted by atomic mass is 9.99. The van der Waals surface area contributed by atoms with Crippen molar-refractivity contribution in [1.29, 1.82) is 0 Å². The number of hydrogen-bond acceptors (Lipinski definition) is 3. The second-order valence-electron chi connectivity index (χ2n) is 4.59. The number of benzene rings is 1. The fourth-order valence-electron chi connectivity index (χ4n) is 1.91. The third kappa shape index (κ3) is 2.06. The van der Waals surface area contributed by atoms with Crippen LogP contribution in [0, 0.1) is 6.92 Å². The van der Waals surface area contributed by atoms with Gasteiger partial charge in [-0.25, -0.2) is 0 Å². The molecule has 1 unspecified atom stereocenters. The van der Waals surface area contributed by atoms with Gasteiger partial charge in [0, 0.05) is 5.54 Å². The van der Waals surface area contributed by atoms with Gasteiger partial charge in [-0.2, -0.15) is 0 Å². The minimum absolute atomic E-state index is 0.389. The molecule has 2 rings (SSSR count). The molecular weight excluding hydrogens is 202 g/mol. The SMILES string of the molecule is CCOc1ccc(C(O)C2(N)CC2)cc1C. The highest BCUT2D eigenvalue weighted by Crippen LogP contribution is 2.43. The summed E-state index contributed by atoms with van der Waals surface area (Å²) < 4.78 is 5.46. The minimum atomic E-state index is -0.554. The van der Waals surface area contributed by atoms with Crippen LogP contribution in [0.25, 0.3) is 0 Å². The first kappa shape index (κ1) is 11.4. The Morgan fingerprint density at radius 3 is 2.69 bits per heavy atom. The van der Waals surface area contributed by atoms with Gasteiger partial charge in [0.05, 0.1) is 12.7 Å². The van der Waals surface area contributed by atoms with Crippen LogP contribution in [-0.2, 0) is 0 Å². The largest absolute Gasteiger partial charge is 0.494 e. The summed E-state index contributed by atoms with van der Waals surface area (Å²) in [6.07, 6.45) is 1.25. The summed E-state index contributed by atoms with van der Waals surface area (Å²) in [6, 6.07) is 5.77. The van der Waals surface area contributed by atoms with E-state index in [0.29, 0.717) is 6.61 Å². The summed E-state index contributed by atoms with van der Waals surface area (Å²) in [7, 11) is 0. The molecule has 1 aromatic rings. The van der Waals surface area contributed by atoms with Crippen molar-refractivity contribution in [2.75, 3.05) is 6.61 Å². The van der Waals surface area contributed by atoms with Crippen molar-refractivity contribution in [2.24, 2.45) is 5.73 Å². The molecule has 1 saturated carbocycles. The molecule has 1 atom stereocenters. The Kier molecular flexibility index (Phi) is 2.91. The number of ether oxygens (including phenoxy) is 1. The fraction of sp³-hybridized carbons (Fsp3) is 0.538. The Morgan fingerprint density at radius 1 is 1.50 bits per heavy atom. The third-order valence-corrected chi connectivity index (χ3v) is 3.19. The van der Waals surface area contributed by atoms with Gasteiger partial charge in [0.15, 0.2) is 0 Å². The second-order valence-corrected chi connectivity index (χ2v) is 4.59. The average molecular weight is 221 g/mol. The van der Waals surface area contributed by atoms with E-state index >= 15 is 0 Å². The third-order valence-electron chi connectivity index (χ3n) is 3.19. The van der Waals surface area contributed by atoms with Gasteiger partial charge in [-0.05, 0) is 49.9 Å². The zero-order valence-electron chi connectivity index (χ0n) is 9.86. The molecule has 0 aromatic heterocycles. The molecule has 1 aliphatic carbocycles. The summed E-state index contributed by atoms with van der Waals surface area (Å²) in [4.78, 5) is 0. The Labute approximate surface area is 96.2 Å². The highest BCUT2D eigenvalue weighted by atomic mass is 16.5. The quantitative estimate of drug-likeness (QED) is 0.816. The first-order valence-electron chi connectivity index (χ1n) is 5.77. The molecule has 0 aliphatic heterocycles. The fourth-order valence-corrected chi connectivity index (χ4v) is 1.91. The maximum absolute atomic E-state index is 10.1. The first-order valence-corrected chi connectivity index (χ1v) is 5.77. The van der Waals surface area contributed by atoms with Gasteiger partial charge >= 0.3 is 0 Å². The van der Waals surface area contributed by atoms with Crippen LogP contribution in [0.3, 0.4) is 0 Å². The molecule has 3 nitrogen and oxygen atoms in total. The van der Waals surface area contributed by atoms with Crippen LogP contribution in [0.2, 0.25) is 0 Å². The van der Waals surface area contributed by atoms with Crippen molar-refractivity contribution in [1.82, 2.24) is 0 Å². The standard InChI is InChI=1S/C13H19NO2/c1-3-16-11-5-4-10(8-9(11)2)12(15)13(14)6-7-13/h4-5,8,12,15H,3,6-7,14H2,1-2H3. The highest BCUT2D eigenvalue weighted by Gasteiger charge is 2.45. The molecular formula is C13H19NO2. The van der Waals surface area contributed by atoms with Gasteiger partial charge < -0.3 is 15.6 Å². The molecule has 0 heterocycles. The van der Waals surface area contributed by atoms with E-state index in [9.17, 15) is 5.11 Å². The van der Waals surface area contributed by atoms with Crippen molar-refractivity contribution >= 4 is 0 Å². The lowest BCUT2D eigenvalue weighted by molar-refractivity contribution is 0.136. The van der Waals surface area contributed by atoms with Crippen LogP contribution in [0.4, 0.5) is 0 Å². The van der Waals surface area contributed by atoms with Crippen molar-refractivity contribution in [3.63, 3.8) is 0 Å². The van der Waals surface area contributed by atoms with E-state index in [0.717, 1.165) is 29.7 Å². The number of aliphatic hydroxyl groups is 1. The molecule has 0 spiro atoms. The van der Waals surface area contributed by atoms with Gasteiger partial charge in [-0.3, -0.25) is 0 Å². The molecule has 0 amide bonds. The number of rotatable bonds is 4. The van der Waals surface area contributed by atoms with Crippen LogP contribution in [-0.4, -0.2) is 17.3 Å². The predicted octanol–water partition coefficient (Wildman–Crippen LogP) is 1.92. The Morgan fingerprint density at radius 2 is 2.19 bits per heavy atom.